The minimum atomic E-state index is -0.358. The van der Waals surface area contributed by atoms with Crippen molar-refractivity contribution in [1.29, 1.82) is 0 Å². The molecule has 1 aliphatic heterocycles. The Morgan fingerprint density at radius 1 is 1.35 bits per heavy atom. The molecule has 1 fully saturated rings. The molecule has 0 radical (unpaired) electrons. The van der Waals surface area contributed by atoms with Gasteiger partial charge in [-0.3, -0.25) is 4.79 Å². The Morgan fingerprint density at radius 3 is 2.70 bits per heavy atom. The molecule has 4 nitrogen and oxygen atoms in total. The smallest absolute Gasteiger partial charge is 0.228 e. The van der Waals surface area contributed by atoms with E-state index in [1.165, 1.54) is 0 Å². The summed E-state index contributed by atoms with van der Waals surface area (Å²) in [6.45, 7) is 7.64. The summed E-state index contributed by atoms with van der Waals surface area (Å²) in [5.74, 6) is 0.975. The first-order chi connectivity index (χ1) is 9.43. The molecule has 0 saturated carbocycles. The summed E-state index contributed by atoms with van der Waals surface area (Å²) in [5, 5.41) is 0. The number of nitrogens with zero attached hydrogens (tertiary/aromatic N) is 1. The van der Waals surface area contributed by atoms with Crippen molar-refractivity contribution in [3.05, 3.63) is 29.8 Å². The summed E-state index contributed by atoms with van der Waals surface area (Å²) in [7, 11) is 1.65. The van der Waals surface area contributed by atoms with Crippen molar-refractivity contribution < 1.29 is 14.3 Å². The molecule has 4 heteroatoms. The van der Waals surface area contributed by atoms with Gasteiger partial charge in [-0.2, -0.15) is 0 Å². The van der Waals surface area contributed by atoms with Crippen molar-refractivity contribution in [2.24, 2.45) is 5.41 Å². The summed E-state index contributed by atoms with van der Waals surface area (Å²) in [6.07, 6.45) is -0.119. The van der Waals surface area contributed by atoms with Crippen LogP contribution >= 0.6 is 0 Å². The van der Waals surface area contributed by atoms with E-state index in [1.54, 1.807) is 7.11 Å². The molecule has 1 aromatic carbocycles. The van der Waals surface area contributed by atoms with Gasteiger partial charge in [0.1, 0.15) is 11.9 Å². The highest BCUT2D eigenvalue weighted by Crippen LogP contribution is 2.31. The Labute approximate surface area is 120 Å². The van der Waals surface area contributed by atoms with Crippen molar-refractivity contribution in [3.63, 3.8) is 0 Å². The Bertz CT molecular complexity index is 479. The van der Waals surface area contributed by atoms with Crippen molar-refractivity contribution in [3.8, 4) is 5.75 Å². The largest absolute Gasteiger partial charge is 0.496 e. The third kappa shape index (κ3) is 3.12. The maximum absolute atomic E-state index is 12.4. The first-order valence-electron chi connectivity index (χ1n) is 6.97. The lowest BCUT2D eigenvalue weighted by molar-refractivity contribution is -0.147. The number of hydrogen-bond donors (Lipinski definition) is 0. The molecular formula is C16H23NO3. The minimum Gasteiger partial charge on any atom is -0.496 e. The van der Waals surface area contributed by atoms with Gasteiger partial charge in [-0.05, 0) is 6.07 Å². The van der Waals surface area contributed by atoms with Crippen LogP contribution in [0.15, 0.2) is 24.3 Å². The number of benzene rings is 1. The monoisotopic (exact) mass is 277 g/mol. The lowest BCUT2D eigenvalue weighted by Gasteiger charge is -2.37. The fourth-order valence-electron chi connectivity index (χ4n) is 2.43. The van der Waals surface area contributed by atoms with Gasteiger partial charge in [0.05, 0.1) is 20.3 Å². The highest BCUT2D eigenvalue weighted by molar-refractivity contribution is 5.81. The molecule has 20 heavy (non-hydrogen) atoms. The summed E-state index contributed by atoms with van der Waals surface area (Å²) >= 11 is 0. The molecule has 1 aromatic rings. The van der Waals surface area contributed by atoms with Gasteiger partial charge in [-0.15, -0.1) is 0 Å². The number of para-hydroxylation sites is 1. The van der Waals surface area contributed by atoms with Crippen LogP contribution in [0.1, 0.15) is 32.4 Å². The average molecular weight is 277 g/mol. The SMILES string of the molecule is COc1ccccc1C1CN(C(=O)C(C)(C)C)CCO1. The van der Waals surface area contributed by atoms with E-state index in [1.807, 2.05) is 49.9 Å². The molecule has 1 atom stereocenters. The summed E-state index contributed by atoms with van der Waals surface area (Å²) in [5.41, 5.74) is 0.643. The van der Waals surface area contributed by atoms with Crippen molar-refractivity contribution in [2.45, 2.75) is 26.9 Å². The van der Waals surface area contributed by atoms with Crippen molar-refractivity contribution in [2.75, 3.05) is 26.8 Å². The second-order valence-corrected chi connectivity index (χ2v) is 6.10. The number of carbonyl (C=O) groups excluding carboxylic acids is 1. The molecule has 1 unspecified atom stereocenters. The van der Waals surface area contributed by atoms with Crippen molar-refractivity contribution in [1.82, 2.24) is 4.90 Å². The number of ether oxygens (including phenoxy) is 2. The van der Waals surface area contributed by atoms with E-state index >= 15 is 0 Å². The molecule has 1 saturated heterocycles. The molecule has 1 amide bonds. The van der Waals surface area contributed by atoms with Crippen LogP contribution in [-0.2, 0) is 9.53 Å². The lowest BCUT2D eigenvalue weighted by Crippen LogP contribution is -2.46. The lowest BCUT2D eigenvalue weighted by atomic mass is 9.94. The van der Waals surface area contributed by atoms with Crippen LogP contribution in [0.5, 0.6) is 5.75 Å². The van der Waals surface area contributed by atoms with Gasteiger partial charge in [0.15, 0.2) is 0 Å². The predicted octanol–water partition coefficient (Wildman–Crippen LogP) is 2.64. The first kappa shape index (κ1) is 14.9. The quantitative estimate of drug-likeness (QED) is 0.834. The van der Waals surface area contributed by atoms with E-state index in [-0.39, 0.29) is 17.4 Å². The molecular weight excluding hydrogens is 254 g/mol. The molecule has 0 aromatic heterocycles. The molecule has 110 valence electrons. The minimum absolute atomic E-state index is 0.119. The Hall–Kier alpha value is -1.55. The van der Waals surface area contributed by atoms with E-state index < -0.39 is 0 Å². The number of morpholine rings is 1. The van der Waals surface area contributed by atoms with Gasteiger partial charge < -0.3 is 14.4 Å². The normalized spacial score (nSPS) is 19.8. The van der Waals surface area contributed by atoms with E-state index in [2.05, 4.69) is 0 Å². The Kier molecular flexibility index (Phi) is 4.33. The highest BCUT2D eigenvalue weighted by Gasteiger charge is 2.32. The van der Waals surface area contributed by atoms with Gasteiger partial charge in [0.25, 0.3) is 0 Å². The van der Waals surface area contributed by atoms with Crippen LogP contribution in [0.4, 0.5) is 0 Å². The average Bonchev–Trinajstić information content (AvgIpc) is 2.45. The number of carbonyl (C=O) groups is 1. The van der Waals surface area contributed by atoms with Gasteiger partial charge in [-0.1, -0.05) is 39.0 Å². The van der Waals surface area contributed by atoms with Gasteiger partial charge >= 0.3 is 0 Å². The molecule has 0 spiro atoms. The number of methoxy groups -OCH3 is 1. The second-order valence-electron chi connectivity index (χ2n) is 6.10. The zero-order chi connectivity index (χ0) is 14.8. The fourth-order valence-corrected chi connectivity index (χ4v) is 2.43. The molecule has 1 heterocycles. The van der Waals surface area contributed by atoms with Crippen LogP contribution < -0.4 is 4.74 Å². The number of hydrogen-bond acceptors (Lipinski definition) is 3. The maximum atomic E-state index is 12.4. The first-order valence-corrected chi connectivity index (χ1v) is 6.97. The molecule has 0 N–H and O–H groups in total. The fraction of sp³-hybridized carbons (Fsp3) is 0.562. The second kappa shape index (κ2) is 5.83. The van der Waals surface area contributed by atoms with E-state index in [9.17, 15) is 4.79 Å². The predicted molar refractivity (Wildman–Crippen MR) is 77.7 cm³/mol. The van der Waals surface area contributed by atoms with E-state index in [0.717, 1.165) is 11.3 Å². The number of rotatable bonds is 2. The van der Waals surface area contributed by atoms with Crippen molar-refractivity contribution >= 4 is 5.91 Å². The maximum Gasteiger partial charge on any atom is 0.228 e. The van der Waals surface area contributed by atoms with Crippen LogP contribution in [-0.4, -0.2) is 37.6 Å². The Balaban J connectivity index is 2.17. The molecule has 2 rings (SSSR count). The Morgan fingerprint density at radius 2 is 2.05 bits per heavy atom. The highest BCUT2D eigenvalue weighted by atomic mass is 16.5. The zero-order valence-electron chi connectivity index (χ0n) is 12.7. The standard InChI is InChI=1S/C16H23NO3/c1-16(2,3)15(18)17-9-10-20-14(11-17)12-7-5-6-8-13(12)19-4/h5-8,14H,9-11H2,1-4H3. The van der Waals surface area contributed by atoms with Gasteiger partial charge in [0, 0.05) is 17.5 Å². The van der Waals surface area contributed by atoms with Gasteiger partial charge in [-0.25, -0.2) is 0 Å². The third-order valence-corrected chi connectivity index (χ3v) is 3.48. The van der Waals surface area contributed by atoms with Gasteiger partial charge in [0.2, 0.25) is 5.91 Å². The van der Waals surface area contributed by atoms with Crippen LogP contribution in [0.25, 0.3) is 0 Å². The summed E-state index contributed by atoms with van der Waals surface area (Å²) in [4.78, 5) is 14.3. The molecule has 0 bridgehead atoms. The third-order valence-electron chi connectivity index (χ3n) is 3.48. The zero-order valence-corrected chi connectivity index (χ0v) is 12.7. The van der Waals surface area contributed by atoms with Crippen LogP contribution in [0.3, 0.4) is 0 Å². The molecule has 0 aliphatic carbocycles. The number of amides is 1. The van der Waals surface area contributed by atoms with Crippen LogP contribution in [0.2, 0.25) is 0 Å². The van der Waals surface area contributed by atoms with Crippen LogP contribution in [0, 0.1) is 5.41 Å². The molecule has 1 aliphatic rings. The van der Waals surface area contributed by atoms with E-state index in [4.69, 9.17) is 9.47 Å². The van der Waals surface area contributed by atoms with E-state index in [0.29, 0.717) is 19.7 Å². The summed E-state index contributed by atoms with van der Waals surface area (Å²) in [6, 6.07) is 7.81. The topological polar surface area (TPSA) is 38.8 Å². The summed E-state index contributed by atoms with van der Waals surface area (Å²) < 4.78 is 11.2.